The molecule has 0 aliphatic heterocycles. The number of hydrogen-bond donors (Lipinski definition) is 1. The molecule has 2 aromatic rings. The van der Waals surface area contributed by atoms with E-state index in [-0.39, 0.29) is 0 Å². The van der Waals surface area contributed by atoms with E-state index < -0.39 is 5.97 Å². The molecular weight excluding hydrogens is 285 g/mol. The second-order valence-electron chi connectivity index (χ2n) is 3.24. The maximum atomic E-state index is 9.00. The third-order valence-electron chi connectivity index (χ3n) is 1.62. The molecule has 0 fully saturated rings. The maximum Gasteiger partial charge on any atom is 0.300 e. The van der Waals surface area contributed by atoms with E-state index in [1.165, 1.54) is 0 Å². The van der Waals surface area contributed by atoms with E-state index in [0.29, 0.717) is 0 Å². The molecule has 102 valence electrons. The first kappa shape index (κ1) is 17.3. The molecule has 0 bridgehead atoms. The van der Waals surface area contributed by atoms with Crippen LogP contribution in [0.25, 0.3) is 0 Å². The van der Waals surface area contributed by atoms with Gasteiger partial charge in [-0.1, -0.05) is 54.6 Å². The second-order valence-corrected chi connectivity index (χ2v) is 4.09. The van der Waals surface area contributed by atoms with Crippen LogP contribution in [0, 0.1) is 0 Å². The van der Waals surface area contributed by atoms with Crippen molar-refractivity contribution in [3.8, 4) is 0 Å². The molecule has 2 aromatic carbocycles. The third kappa shape index (κ3) is 12.5. The first-order valence-corrected chi connectivity index (χ1v) is 6.08. The topological polar surface area (TPSA) is 40.5 Å². The van der Waals surface area contributed by atoms with Gasteiger partial charge in [-0.25, -0.2) is 0 Å². The average molecular weight is 300 g/mol. The van der Waals surface area contributed by atoms with Gasteiger partial charge in [-0.15, -0.1) is 0 Å². The summed E-state index contributed by atoms with van der Waals surface area (Å²) in [4.78, 5) is 9.00. The molecule has 0 saturated carbocycles. The van der Waals surface area contributed by atoms with Crippen molar-refractivity contribution >= 4 is 35.2 Å². The third-order valence-corrected chi connectivity index (χ3v) is 2.01. The highest BCUT2D eigenvalue weighted by Crippen LogP contribution is 2.16. The van der Waals surface area contributed by atoms with E-state index >= 15 is 0 Å². The number of carbonyl (C=O) groups is 1. The number of nitrogens with zero attached hydrogens (tertiary/aromatic N) is 1. The summed E-state index contributed by atoms with van der Waals surface area (Å²) in [5, 5.41) is 7.42. The lowest BCUT2D eigenvalue weighted by molar-refractivity contribution is -0.134. The maximum absolute atomic E-state index is 9.00. The molecule has 0 aliphatic carbocycles. The summed E-state index contributed by atoms with van der Waals surface area (Å²) in [7, 11) is 0. The summed E-state index contributed by atoms with van der Waals surface area (Å²) >= 11 is 10.8. The van der Waals surface area contributed by atoms with Crippen molar-refractivity contribution in [3.63, 3.8) is 0 Å². The van der Waals surface area contributed by atoms with Crippen molar-refractivity contribution in [2.45, 2.75) is 6.92 Å². The van der Waals surface area contributed by atoms with Crippen LogP contribution in [0.1, 0.15) is 6.92 Å². The molecule has 19 heavy (non-hydrogen) atoms. The average Bonchev–Trinajstić information content (AvgIpc) is 2.42. The molecule has 1 N–H and O–H groups in total. The Morgan fingerprint density at radius 1 is 0.895 bits per heavy atom. The fourth-order valence-corrected chi connectivity index (χ4v) is 1.15. The molecule has 0 aliphatic rings. The van der Waals surface area contributed by atoms with Crippen LogP contribution < -0.4 is 3.94 Å². The number of hydrogen-bond acceptors (Lipinski definition) is 2. The number of halogens is 2. The van der Waals surface area contributed by atoms with Gasteiger partial charge in [0.15, 0.2) is 0 Å². The van der Waals surface area contributed by atoms with E-state index in [1.54, 1.807) is 0 Å². The Bertz CT molecular complexity index is 405. The van der Waals surface area contributed by atoms with Gasteiger partial charge in [0.25, 0.3) is 5.97 Å². The van der Waals surface area contributed by atoms with Crippen molar-refractivity contribution in [3.05, 3.63) is 66.7 Å². The number of carboxylic acid groups (broad SMARTS) is 1. The first-order chi connectivity index (χ1) is 9.04. The molecule has 2 rings (SSSR count). The first-order valence-electron chi connectivity index (χ1n) is 5.40. The molecule has 0 atom stereocenters. The Morgan fingerprint density at radius 2 is 1.16 bits per heavy atom. The van der Waals surface area contributed by atoms with Crippen LogP contribution in [0.5, 0.6) is 0 Å². The van der Waals surface area contributed by atoms with Crippen LogP contribution >= 0.6 is 23.6 Å². The highest BCUT2D eigenvalue weighted by molar-refractivity contribution is 6.49. The van der Waals surface area contributed by atoms with Crippen molar-refractivity contribution < 1.29 is 9.90 Å². The summed E-state index contributed by atoms with van der Waals surface area (Å²) in [6.07, 6.45) is 0. The molecule has 0 saturated heterocycles. The predicted octanol–water partition coefficient (Wildman–Crippen LogP) is 4.58. The van der Waals surface area contributed by atoms with Crippen molar-refractivity contribution in [1.82, 2.24) is 0 Å². The fourth-order valence-electron chi connectivity index (χ4n) is 0.926. The highest BCUT2D eigenvalue weighted by atomic mass is 35.5. The van der Waals surface area contributed by atoms with Crippen LogP contribution in [-0.4, -0.2) is 11.1 Å². The van der Waals surface area contributed by atoms with E-state index in [1.807, 2.05) is 66.7 Å². The van der Waals surface area contributed by atoms with Gasteiger partial charge in [0.05, 0.1) is 5.69 Å². The van der Waals surface area contributed by atoms with Crippen LogP contribution in [0.15, 0.2) is 66.7 Å². The monoisotopic (exact) mass is 299 g/mol. The molecule has 0 radical (unpaired) electrons. The van der Waals surface area contributed by atoms with Gasteiger partial charge in [-0.05, 0) is 12.1 Å². The molecule has 0 amide bonds. The van der Waals surface area contributed by atoms with Gasteiger partial charge < -0.3 is 5.11 Å². The lowest BCUT2D eigenvalue weighted by atomic mass is 10.3. The van der Waals surface area contributed by atoms with Crippen LogP contribution in [-0.2, 0) is 4.79 Å². The van der Waals surface area contributed by atoms with Gasteiger partial charge in [-0.3, -0.25) is 4.79 Å². The summed E-state index contributed by atoms with van der Waals surface area (Å²) in [5.41, 5.74) is 0.779. The van der Waals surface area contributed by atoms with Gasteiger partial charge in [0.2, 0.25) is 0 Å². The van der Waals surface area contributed by atoms with Crippen LogP contribution in [0.4, 0.5) is 5.69 Å². The SMILES string of the molecule is CC(=O)O.ClN(Cl)c1ccccc1.c1ccccc1. The Hall–Kier alpha value is -1.71. The lowest BCUT2D eigenvalue weighted by Gasteiger charge is -2.02. The van der Waals surface area contributed by atoms with Crippen LogP contribution in [0.3, 0.4) is 0 Å². The Morgan fingerprint density at radius 3 is 1.37 bits per heavy atom. The fraction of sp³-hybridized carbons (Fsp3) is 0.0714. The molecule has 0 heterocycles. The molecule has 0 unspecified atom stereocenters. The molecule has 0 aromatic heterocycles. The van der Waals surface area contributed by atoms with E-state index in [9.17, 15) is 0 Å². The minimum absolute atomic E-state index is 0.779. The summed E-state index contributed by atoms with van der Waals surface area (Å²) < 4.78 is 1.03. The molecule has 3 nitrogen and oxygen atoms in total. The number of benzene rings is 2. The van der Waals surface area contributed by atoms with E-state index in [2.05, 4.69) is 0 Å². The second kappa shape index (κ2) is 11.4. The summed E-state index contributed by atoms with van der Waals surface area (Å²) in [6.45, 7) is 1.08. The number of aliphatic carboxylic acids is 1. The molecule has 5 heteroatoms. The molecule has 0 spiro atoms. The Labute approximate surface area is 123 Å². The zero-order valence-corrected chi connectivity index (χ0v) is 11.9. The van der Waals surface area contributed by atoms with E-state index in [4.69, 9.17) is 33.5 Å². The quantitative estimate of drug-likeness (QED) is 0.784. The van der Waals surface area contributed by atoms with Gasteiger partial charge in [-0.2, -0.15) is 3.94 Å². The predicted molar refractivity (Wildman–Crippen MR) is 80.4 cm³/mol. The Kier molecular flexibility index (Phi) is 10.4. The summed E-state index contributed by atoms with van der Waals surface area (Å²) in [6, 6.07) is 21.3. The number of para-hydroxylation sites is 1. The van der Waals surface area contributed by atoms with E-state index in [0.717, 1.165) is 16.5 Å². The Balaban J connectivity index is 0.000000281. The zero-order valence-electron chi connectivity index (χ0n) is 10.4. The molecular formula is C14H15Cl2NO2. The van der Waals surface area contributed by atoms with Crippen LogP contribution in [0.2, 0.25) is 0 Å². The zero-order chi connectivity index (χ0) is 14.5. The normalized spacial score (nSPS) is 8.16. The minimum atomic E-state index is -0.833. The smallest absolute Gasteiger partial charge is 0.300 e. The van der Waals surface area contributed by atoms with Gasteiger partial charge in [0.1, 0.15) is 0 Å². The van der Waals surface area contributed by atoms with Crippen molar-refractivity contribution in [1.29, 1.82) is 0 Å². The number of rotatable bonds is 1. The highest BCUT2D eigenvalue weighted by Gasteiger charge is 1.93. The van der Waals surface area contributed by atoms with Crippen molar-refractivity contribution in [2.75, 3.05) is 3.94 Å². The number of carboxylic acids is 1. The number of anilines is 1. The van der Waals surface area contributed by atoms with Gasteiger partial charge in [0, 0.05) is 30.5 Å². The standard InChI is InChI=1S/C6H5Cl2N.C6H6.C2H4O2/c7-9(8)6-4-2-1-3-5-6;1-2-4-6-5-3-1;1-2(3)4/h1-5H;1-6H;1H3,(H,3,4). The lowest BCUT2D eigenvalue weighted by Crippen LogP contribution is -1.89. The summed E-state index contributed by atoms with van der Waals surface area (Å²) in [5.74, 6) is -0.833. The van der Waals surface area contributed by atoms with Gasteiger partial charge >= 0.3 is 0 Å². The van der Waals surface area contributed by atoms with Crippen molar-refractivity contribution in [2.24, 2.45) is 0 Å². The minimum Gasteiger partial charge on any atom is -0.481 e. The largest absolute Gasteiger partial charge is 0.481 e.